The number of aromatic nitrogens is 2. The van der Waals surface area contributed by atoms with Crippen LogP contribution in [0.25, 0.3) is 32.2 Å². The molecule has 0 aliphatic heterocycles. The van der Waals surface area contributed by atoms with Gasteiger partial charge in [0.15, 0.2) is 0 Å². The Hall–Kier alpha value is -2.57. The van der Waals surface area contributed by atoms with Crippen LogP contribution in [0.2, 0.25) is 0 Å². The molecule has 4 nitrogen and oxygen atoms in total. The number of hydrogen-bond acceptors (Lipinski definition) is 5. The van der Waals surface area contributed by atoms with Crippen molar-refractivity contribution in [3.8, 4) is 21.1 Å². The van der Waals surface area contributed by atoms with E-state index in [9.17, 15) is 4.79 Å². The molecule has 3 aromatic heterocycles. The van der Waals surface area contributed by atoms with Gasteiger partial charge < -0.3 is 5.32 Å². The average Bonchev–Trinajstić information content (AvgIpc) is 3.26. The van der Waals surface area contributed by atoms with Crippen molar-refractivity contribution in [2.45, 2.75) is 6.92 Å². The first kappa shape index (κ1) is 15.0. The number of amides is 1. The molecule has 1 amide bonds. The van der Waals surface area contributed by atoms with Gasteiger partial charge in [-0.1, -0.05) is 12.1 Å². The average molecular weight is 351 g/mol. The summed E-state index contributed by atoms with van der Waals surface area (Å²) < 4.78 is 0. The molecule has 4 rings (SSSR count). The summed E-state index contributed by atoms with van der Waals surface area (Å²) in [6, 6.07) is 13.7. The Morgan fingerprint density at radius 1 is 0.917 bits per heavy atom. The van der Waals surface area contributed by atoms with Crippen LogP contribution in [0, 0.1) is 0 Å². The first-order chi connectivity index (χ1) is 11.7. The molecule has 6 heteroatoms. The van der Waals surface area contributed by atoms with Crippen LogP contribution >= 0.6 is 22.7 Å². The molecule has 0 saturated heterocycles. The van der Waals surface area contributed by atoms with Gasteiger partial charge in [-0.15, -0.1) is 22.7 Å². The monoisotopic (exact) mass is 351 g/mol. The summed E-state index contributed by atoms with van der Waals surface area (Å²) in [7, 11) is 0. The number of nitrogens with one attached hydrogen (secondary N) is 1. The van der Waals surface area contributed by atoms with Gasteiger partial charge in [0.25, 0.3) is 0 Å². The Balaban J connectivity index is 1.94. The third kappa shape index (κ3) is 2.81. The number of benzene rings is 1. The van der Waals surface area contributed by atoms with E-state index in [0.29, 0.717) is 0 Å². The quantitative estimate of drug-likeness (QED) is 0.562. The summed E-state index contributed by atoms with van der Waals surface area (Å²) in [5.74, 6) is -0.101. The summed E-state index contributed by atoms with van der Waals surface area (Å²) in [6.45, 7) is 1.49. The lowest BCUT2D eigenvalue weighted by Gasteiger charge is -2.09. The van der Waals surface area contributed by atoms with Crippen molar-refractivity contribution in [1.82, 2.24) is 9.97 Å². The predicted molar refractivity (Wildman–Crippen MR) is 100 cm³/mol. The Labute approximate surface area is 146 Å². The van der Waals surface area contributed by atoms with E-state index < -0.39 is 0 Å². The fraction of sp³-hybridized carbons (Fsp3) is 0.0556. The molecule has 3 heterocycles. The number of hydrogen-bond donors (Lipinski definition) is 1. The summed E-state index contributed by atoms with van der Waals surface area (Å²) >= 11 is 3.30. The van der Waals surface area contributed by atoms with Gasteiger partial charge in [0.05, 0.1) is 20.8 Å². The largest absolute Gasteiger partial charge is 0.326 e. The van der Waals surface area contributed by atoms with Crippen molar-refractivity contribution in [1.29, 1.82) is 0 Å². The number of anilines is 1. The minimum atomic E-state index is -0.101. The second-order valence-corrected chi connectivity index (χ2v) is 7.16. The van der Waals surface area contributed by atoms with E-state index >= 15 is 0 Å². The maximum atomic E-state index is 11.3. The minimum Gasteiger partial charge on any atom is -0.326 e. The number of thiophene rings is 2. The summed E-state index contributed by atoms with van der Waals surface area (Å²) in [6.07, 6.45) is 0. The highest BCUT2D eigenvalue weighted by Crippen LogP contribution is 2.35. The van der Waals surface area contributed by atoms with Gasteiger partial charge in [-0.2, -0.15) is 0 Å². The molecule has 0 atom stereocenters. The van der Waals surface area contributed by atoms with E-state index in [0.717, 1.165) is 37.9 Å². The lowest BCUT2D eigenvalue weighted by Crippen LogP contribution is -2.05. The predicted octanol–water partition coefficient (Wildman–Crippen LogP) is 5.05. The Morgan fingerprint density at radius 2 is 1.54 bits per heavy atom. The maximum Gasteiger partial charge on any atom is 0.221 e. The SMILES string of the molecule is CC(=O)Nc1ccc2nc(-c3cccs3)c(-c3cccs3)nc2c1. The Morgan fingerprint density at radius 3 is 2.08 bits per heavy atom. The number of fused-ring (bicyclic) bond motifs is 1. The normalized spacial score (nSPS) is 10.9. The van der Waals surface area contributed by atoms with E-state index in [-0.39, 0.29) is 5.91 Å². The molecular weight excluding hydrogens is 338 g/mol. The zero-order chi connectivity index (χ0) is 16.5. The third-order valence-electron chi connectivity index (χ3n) is 3.49. The molecular formula is C18H13N3OS2. The van der Waals surface area contributed by atoms with Crippen LogP contribution in [0.5, 0.6) is 0 Å². The second-order valence-electron chi connectivity index (χ2n) is 5.26. The van der Waals surface area contributed by atoms with E-state index in [2.05, 4.69) is 17.4 Å². The highest BCUT2D eigenvalue weighted by molar-refractivity contribution is 7.14. The number of rotatable bonds is 3. The summed E-state index contributed by atoms with van der Waals surface area (Å²) in [5, 5.41) is 6.87. The number of carbonyl (C=O) groups is 1. The fourth-order valence-corrected chi connectivity index (χ4v) is 3.94. The van der Waals surface area contributed by atoms with Crippen molar-refractivity contribution < 1.29 is 4.79 Å². The second kappa shape index (κ2) is 6.14. The smallest absolute Gasteiger partial charge is 0.221 e. The Bertz CT molecular complexity index is 1010. The highest BCUT2D eigenvalue weighted by Gasteiger charge is 2.15. The van der Waals surface area contributed by atoms with Crippen LogP contribution in [-0.4, -0.2) is 15.9 Å². The van der Waals surface area contributed by atoms with Gasteiger partial charge >= 0.3 is 0 Å². The summed E-state index contributed by atoms with van der Waals surface area (Å²) in [5.41, 5.74) is 4.08. The third-order valence-corrected chi connectivity index (χ3v) is 5.25. The van der Waals surface area contributed by atoms with Crippen LogP contribution < -0.4 is 5.32 Å². The van der Waals surface area contributed by atoms with Crippen molar-refractivity contribution in [2.75, 3.05) is 5.32 Å². The maximum absolute atomic E-state index is 11.3. The first-order valence-corrected chi connectivity index (χ1v) is 9.14. The van der Waals surface area contributed by atoms with Crippen LogP contribution in [0.3, 0.4) is 0 Å². The van der Waals surface area contributed by atoms with E-state index in [1.807, 2.05) is 41.1 Å². The summed E-state index contributed by atoms with van der Waals surface area (Å²) in [4.78, 5) is 23.1. The molecule has 0 aliphatic carbocycles. The Kier molecular flexibility index (Phi) is 3.84. The lowest BCUT2D eigenvalue weighted by atomic mass is 10.2. The molecule has 0 unspecified atom stereocenters. The minimum absolute atomic E-state index is 0.101. The van der Waals surface area contributed by atoms with Crippen molar-refractivity contribution in [2.24, 2.45) is 0 Å². The highest BCUT2D eigenvalue weighted by atomic mass is 32.1. The zero-order valence-electron chi connectivity index (χ0n) is 12.8. The standard InChI is InChI=1S/C18H13N3OS2/c1-11(22)19-12-6-7-13-14(10-12)21-18(16-5-3-9-24-16)17(20-13)15-4-2-8-23-15/h2-10H,1H3,(H,19,22). The van der Waals surface area contributed by atoms with E-state index in [1.54, 1.807) is 22.7 Å². The van der Waals surface area contributed by atoms with Gasteiger partial charge in [0.1, 0.15) is 11.4 Å². The van der Waals surface area contributed by atoms with Gasteiger partial charge in [0, 0.05) is 12.6 Å². The molecule has 0 saturated carbocycles. The van der Waals surface area contributed by atoms with Gasteiger partial charge in [-0.05, 0) is 41.1 Å². The van der Waals surface area contributed by atoms with Crippen molar-refractivity contribution in [3.05, 3.63) is 53.2 Å². The topological polar surface area (TPSA) is 54.9 Å². The zero-order valence-corrected chi connectivity index (χ0v) is 14.4. The molecule has 1 aromatic carbocycles. The molecule has 0 aliphatic rings. The van der Waals surface area contributed by atoms with Crippen molar-refractivity contribution in [3.63, 3.8) is 0 Å². The van der Waals surface area contributed by atoms with E-state index in [1.165, 1.54) is 6.92 Å². The molecule has 0 bridgehead atoms. The number of nitrogens with zero attached hydrogens (tertiary/aromatic N) is 2. The van der Waals surface area contributed by atoms with Gasteiger partial charge in [0.2, 0.25) is 5.91 Å². The molecule has 118 valence electrons. The van der Waals surface area contributed by atoms with E-state index in [4.69, 9.17) is 9.97 Å². The molecule has 0 fully saturated rings. The van der Waals surface area contributed by atoms with Crippen LogP contribution in [0.1, 0.15) is 6.92 Å². The number of carbonyl (C=O) groups excluding carboxylic acids is 1. The lowest BCUT2D eigenvalue weighted by molar-refractivity contribution is -0.114. The molecule has 1 N–H and O–H groups in total. The van der Waals surface area contributed by atoms with Gasteiger partial charge in [-0.25, -0.2) is 9.97 Å². The molecule has 0 radical (unpaired) electrons. The van der Waals surface area contributed by atoms with Crippen molar-refractivity contribution >= 4 is 45.3 Å². The molecule has 4 aromatic rings. The first-order valence-electron chi connectivity index (χ1n) is 7.38. The fourth-order valence-electron chi connectivity index (χ4n) is 2.51. The van der Waals surface area contributed by atoms with Crippen LogP contribution in [0.4, 0.5) is 5.69 Å². The molecule has 0 spiro atoms. The van der Waals surface area contributed by atoms with Crippen LogP contribution in [-0.2, 0) is 4.79 Å². The van der Waals surface area contributed by atoms with Crippen LogP contribution in [0.15, 0.2) is 53.2 Å². The van der Waals surface area contributed by atoms with Gasteiger partial charge in [-0.3, -0.25) is 4.79 Å². The molecule has 24 heavy (non-hydrogen) atoms.